The maximum atomic E-state index is 13.7. The molecular weight excluding hydrogens is 806 g/mol. The SMILES string of the molecule is C[C@H](NC(=O)[C@@H](N)Cc1ccc(O)cc1)C(=O)NCC(=O)N[C@@H](Cc1ccccc1)C(=O)NNC(=O)[C@@H](Cc1c[nH]c2ccccc12)NC(=O)CNC(=O)c1ccccc1.Cl. The lowest BCUT2D eigenvalue weighted by atomic mass is 10.0. The molecule has 0 spiro atoms. The normalized spacial score (nSPS) is 12.6. The number of hydrogen-bond acceptors (Lipinski definition) is 9. The fourth-order valence-electron chi connectivity index (χ4n) is 6.11. The van der Waals surface area contributed by atoms with Gasteiger partial charge >= 0.3 is 0 Å². The molecule has 0 fully saturated rings. The first kappa shape index (κ1) is 46.4. The van der Waals surface area contributed by atoms with Crippen LogP contribution in [0.3, 0.4) is 0 Å². The molecule has 0 saturated carbocycles. The molecule has 320 valence electrons. The summed E-state index contributed by atoms with van der Waals surface area (Å²) in [7, 11) is 0. The molecule has 61 heavy (non-hydrogen) atoms. The lowest BCUT2D eigenvalue weighted by Gasteiger charge is -2.22. The molecule has 0 aliphatic rings. The second kappa shape index (κ2) is 22.8. The zero-order valence-electron chi connectivity index (χ0n) is 33.1. The zero-order chi connectivity index (χ0) is 43.0. The number of phenols is 1. The smallest absolute Gasteiger partial charge is 0.261 e. The van der Waals surface area contributed by atoms with Crippen molar-refractivity contribution in [2.75, 3.05) is 13.1 Å². The van der Waals surface area contributed by atoms with Gasteiger partial charge in [0.15, 0.2) is 0 Å². The number of benzene rings is 4. The molecule has 4 aromatic carbocycles. The minimum Gasteiger partial charge on any atom is -0.508 e. The number of hydrogen-bond donors (Lipinski definition) is 10. The molecule has 18 heteroatoms. The molecule has 0 unspecified atom stereocenters. The lowest BCUT2D eigenvalue weighted by Crippen LogP contribution is -2.58. The molecular formula is C43H48ClN9O8. The number of nitrogens with one attached hydrogen (secondary N) is 8. The predicted molar refractivity (Wildman–Crippen MR) is 229 cm³/mol. The molecule has 17 nitrogen and oxygen atoms in total. The van der Waals surface area contributed by atoms with E-state index in [1.54, 1.807) is 79.0 Å². The molecule has 0 aliphatic heterocycles. The fraction of sp³-hybridized carbons (Fsp3) is 0.233. The summed E-state index contributed by atoms with van der Waals surface area (Å²) in [6, 6.07) is 26.1. The molecule has 1 heterocycles. The monoisotopic (exact) mass is 853 g/mol. The van der Waals surface area contributed by atoms with Gasteiger partial charge in [0.25, 0.3) is 17.7 Å². The van der Waals surface area contributed by atoms with Crippen LogP contribution in [0.5, 0.6) is 5.75 Å². The maximum Gasteiger partial charge on any atom is 0.261 e. The van der Waals surface area contributed by atoms with Crippen LogP contribution >= 0.6 is 12.4 Å². The Morgan fingerprint density at radius 3 is 1.79 bits per heavy atom. The van der Waals surface area contributed by atoms with Gasteiger partial charge < -0.3 is 42.4 Å². The molecule has 5 rings (SSSR count). The summed E-state index contributed by atoms with van der Waals surface area (Å²) in [5, 5.41) is 23.0. The topological polar surface area (TPSA) is 266 Å². The number of halogens is 1. The van der Waals surface area contributed by atoms with E-state index < -0.39 is 78.6 Å². The van der Waals surface area contributed by atoms with E-state index in [0.717, 1.165) is 10.9 Å². The van der Waals surface area contributed by atoms with Crippen molar-refractivity contribution in [2.24, 2.45) is 5.73 Å². The number of amides is 7. The van der Waals surface area contributed by atoms with Crippen LogP contribution in [-0.4, -0.2) is 88.7 Å². The van der Waals surface area contributed by atoms with Crippen LogP contribution in [-0.2, 0) is 48.0 Å². The Labute approximate surface area is 357 Å². The fourth-order valence-corrected chi connectivity index (χ4v) is 6.11. The quantitative estimate of drug-likeness (QED) is 0.0559. The average molecular weight is 854 g/mol. The Balaban J connectivity index is 0.00000819. The van der Waals surface area contributed by atoms with Crippen LogP contribution < -0.4 is 43.2 Å². The van der Waals surface area contributed by atoms with E-state index in [-0.39, 0.29) is 37.4 Å². The minimum atomic E-state index is -1.23. The largest absolute Gasteiger partial charge is 0.508 e. The van der Waals surface area contributed by atoms with E-state index in [0.29, 0.717) is 22.3 Å². The molecule has 0 bridgehead atoms. The van der Waals surface area contributed by atoms with Gasteiger partial charge in [0.1, 0.15) is 23.9 Å². The molecule has 5 aromatic rings. The number of aromatic amines is 1. The standard InChI is InChI=1S/C43H47N9O8.ClH/c1-26(48-41(58)33(44)20-28-16-18-31(53)19-17-28)39(56)46-24-37(54)49-35(21-27-10-4-2-5-11-27)42(59)51-52-43(60)36(22-30-23-45-34-15-9-8-14-32(30)34)50-38(55)25-47-40(57)29-12-6-3-7-13-29;/h2-19,23,26,33,35-36,45,53H,20-22,24-25,44H2,1H3,(H,46,56)(H,47,57)(H,48,58)(H,49,54)(H,50,55)(H,51,59)(H,52,60);1H/t26-,33-,35-,36+;/m0./s1. The van der Waals surface area contributed by atoms with Gasteiger partial charge in [0.2, 0.25) is 23.6 Å². The van der Waals surface area contributed by atoms with Crippen molar-refractivity contribution in [2.45, 2.75) is 50.4 Å². The van der Waals surface area contributed by atoms with Gasteiger partial charge in [-0.2, -0.15) is 0 Å². The van der Waals surface area contributed by atoms with Gasteiger partial charge in [-0.1, -0.05) is 78.9 Å². The number of H-pyrrole nitrogens is 1. The summed E-state index contributed by atoms with van der Waals surface area (Å²) >= 11 is 0. The van der Waals surface area contributed by atoms with Gasteiger partial charge in [-0.15, -0.1) is 12.4 Å². The summed E-state index contributed by atoms with van der Waals surface area (Å²) in [6.07, 6.45) is 1.88. The molecule has 11 N–H and O–H groups in total. The number of hydrazine groups is 1. The third-order valence-electron chi connectivity index (χ3n) is 9.34. The first-order chi connectivity index (χ1) is 28.9. The minimum absolute atomic E-state index is 0. The number of phenolic OH excluding ortho intramolecular Hbond substituents is 1. The Kier molecular flexibility index (Phi) is 17.4. The Morgan fingerprint density at radius 2 is 1.15 bits per heavy atom. The molecule has 0 saturated heterocycles. The second-order valence-electron chi connectivity index (χ2n) is 13.9. The summed E-state index contributed by atoms with van der Waals surface area (Å²) < 4.78 is 0. The molecule has 0 radical (unpaired) electrons. The number of rotatable bonds is 18. The number of fused-ring (bicyclic) bond motifs is 1. The third-order valence-corrected chi connectivity index (χ3v) is 9.34. The van der Waals surface area contributed by atoms with Crippen LogP contribution in [0.15, 0.2) is 115 Å². The first-order valence-electron chi connectivity index (χ1n) is 19.1. The Bertz CT molecular complexity index is 2290. The summed E-state index contributed by atoms with van der Waals surface area (Å²) in [5.74, 6) is -4.69. The van der Waals surface area contributed by atoms with Crippen LogP contribution in [0.1, 0.15) is 34.0 Å². The van der Waals surface area contributed by atoms with Gasteiger partial charge in [0.05, 0.1) is 19.1 Å². The Morgan fingerprint density at radius 1 is 0.607 bits per heavy atom. The first-order valence-corrected chi connectivity index (χ1v) is 19.1. The summed E-state index contributed by atoms with van der Waals surface area (Å²) in [5.41, 5.74) is 13.9. The average Bonchev–Trinajstić information content (AvgIpc) is 3.67. The zero-order valence-corrected chi connectivity index (χ0v) is 33.9. The van der Waals surface area contributed by atoms with Gasteiger partial charge in [-0.3, -0.25) is 44.4 Å². The van der Waals surface area contributed by atoms with E-state index in [4.69, 9.17) is 5.73 Å². The van der Waals surface area contributed by atoms with Crippen molar-refractivity contribution >= 4 is 64.7 Å². The van der Waals surface area contributed by atoms with Crippen LogP contribution in [0, 0.1) is 0 Å². The van der Waals surface area contributed by atoms with E-state index >= 15 is 0 Å². The highest BCUT2D eigenvalue weighted by atomic mass is 35.5. The summed E-state index contributed by atoms with van der Waals surface area (Å²) in [4.78, 5) is 94.5. The number of nitrogens with two attached hydrogens (primary N) is 1. The molecule has 0 aliphatic carbocycles. The van der Waals surface area contributed by atoms with E-state index in [1.165, 1.54) is 19.1 Å². The lowest BCUT2D eigenvalue weighted by molar-refractivity contribution is -0.134. The number of aromatic hydroxyl groups is 1. The van der Waals surface area contributed by atoms with Crippen molar-refractivity contribution in [1.29, 1.82) is 0 Å². The number of aromatic nitrogens is 1. The van der Waals surface area contributed by atoms with E-state index in [2.05, 4.69) is 42.4 Å². The molecule has 7 amide bonds. The van der Waals surface area contributed by atoms with Crippen molar-refractivity contribution in [1.82, 2.24) is 42.4 Å². The van der Waals surface area contributed by atoms with E-state index in [1.807, 2.05) is 24.3 Å². The van der Waals surface area contributed by atoms with Gasteiger partial charge in [0, 0.05) is 35.5 Å². The predicted octanol–water partition coefficient (Wildman–Crippen LogP) is 0.818. The molecule has 4 atom stereocenters. The van der Waals surface area contributed by atoms with Crippen molar-refractivity contribution in [3.05, 3.63) is 138 Å². The van der Waals surface area contributed by atoms with Crippen molar-refractivity contribution in [3.63, 3.8) is 0 Å². The van der Waals surface area contributed by atoms with Gasteiger partial charge in [-0.05, 0) is 60.4 Å². The van der Waals surface area contributed by atoms with Crippen molar-refractivity contribution < 1.29 is 38.7 Å². The summed E-state index contributed by atoms with van der Waals surface area (Å²) in [6.45, 7) is 0.435. The molecule has 1 aromatic heterocycles. The third kappa shape index (κ3) is 14.2. The number of para-hydroxylation sites is 1. The van der Waals surface area contributed by atoms with Crippen molar-refractivity contribution in [3.8, 4) is 5.75 Å². The van der Waals surface area contributed by atoms with Crippen LogP contribution in [0.2, 0.25) is 0 Å². The van der Waals surface area contributed by atoms with Crippen LogP contribution in [0.4, 0.5) is 0 Å². The second-order valence-corrected chi connectivity index (χ2v) is 13.9. The highest BCUT2D eigenvalue weighted by molar-refractivity contribution is 5.98. The highest BCUT2D eigenvalue weighted by Gasteiger charge is 2.27. The maximum absolute atomic E-state index is 13.7. The number of carbonyl (C=O) groups excluding carboxylic acids is 7. The highest BCUT2D eigenvalue weighted by Crippen LogP contribution is 2.19. The van der Waals surface area contributed by atoms with Crippen LogP contribution in [0.25, 0.3) is 10.9 Å². The Hall–Kier alpha value is -7.24. The van der Waals surface area contributed by atoms with E-state index in [9.17, 15) is 38.7 Å². The number of carbonyl (C=O) groups is 7. The van der Waals surface area contributed by atoms with Gasteiger partial charge in [-0.25, -0.2) is 0 Å².